The standard InChI is InChI=1S/C29H45NO3S/c1-17(14-26(33)30-18(2)25-6-5-13-34-25)21-7-8-22-27-23(10-12-29(21,22)4)28(3)11-9-20(31)15-19(28)16-24(27)32/h5-6,13,17-24,27,31-32H,7-12,14-16H2,1-4H3,(H,30,33)/t17-,18?,19+,20-,21?,22+,23+,24-,27+,28+,29-/m1/s1. The first-order valence-corrected chi connectivity index (χ1v) is 14.7. The summed E-state index contributed by atoms with van der Waals surface area (Å²) in [6.07, 6.45) is 8.75. The van der Waals surface area contributed by atoms with Crippen LogP contribution in [0.15, 0.2) is 17.5 Å². The predicted molar refractivity (Wildman–Crippen MR) is 137 cm³/mol. The van der Waals surface area contributed by atoms with Crippen LogP contribution in [0.5, 0.6) is 0 Å². The van der Waals surface area contributed by atoms with Crippen LogP contribution >= 0.6 is 11.3 Å². The molecule has 1 heterocycles. The number of amides is 1. The van der Waals surface area contributed by atoms with Crippen molar-refractivity contribution < 1.29 is 15.0 Å². The van der Waals surface area contributed by atoms with Crippen molar-refractivity contribution in [2.75, 3.05) is 0 Å². The van der Waals surface area contributed by atoms with E-state index in [0.717, 1.165) is 25.7 Å². The molecule has 2 unspecified atom stereocenters. The van der Waals surface area contributed by atoms with Crippen LogP contribution in [0.1, 0.15) is 96.4 Å². The van der Waals surface area contributed by atoms with E-state index in [2.05, 4.69) is 44.5 Å². The Morgan fingerprint density at radius 3 is 2.56 bits per heavy atom. The van der Waals surface area contributed by atoms with E-state index in [9.17, 15) is 15.0 Å². The maximum atomic E-state index is 12.9. The molecule has 4 fully saturated rings. The highest BCUT2D eigenvalue weighted by Crippen LogP contribution is 2.68. The van der Waals surface area contributed by atoms with Crippen LogP contribution in [-0.2, 0) is 4.79 Å². The zero-order valence-corrected chi connectivity index (χ0v) is 22.3. The predicted octanol–water partition coefficient (Wildman–Crippen LogP) is 5.94. The third-order valence-electron chi connectivity index (χ3n) is 11.3. The van der Waals surface area contributed by atoms with Crippen LogP contribution in [0.2, 0.25) is 0 Å². The minimum Gasteiger partial charge on any atom is -0.393 e. The lowest BCUT2D eigenvalue weighted by Crippen LogP contribution is -2.58. The summed E-state index contributed by atoms with van der Waals surface area (Å²) >= 11 is 1.70. The van der Waals surface area contributed by atoms with Crippen LogP contribution in [0.25, 0.3) is 0 Å². The van der Waals surface area contributed by atoms with Gasteiger partial charge in [-0.05, 0) is 116 Å². The molecule has 0 radical (unpaired) electrons. The summed E-state index contributed by atoms with van der Waals surface area (Å²) in [7, 11) is 0. The van der Waals surface area contributed by atoms with Crippen LogP contribution in [-0.4, -0.2) is 28.3 Å². The summed E-state index contributed by atoms with van der Waals surface area (Å²) in [5.41, 5.74) is 0.491. The maximum absolute atomic E-state index is 12.9. The number of nitrogens with one attached hydrogen (secondary N) is 1. The van der Waals surface area contributed by atoms with Gasteiger partial charge in [0.2, 0.25) is 5.91 Å². The number of carbonyl (C=O) groups excluding carboxylic acids is 1. The molecule has 11 atom stereocenters. The fourth-order valence-corrected chi connectivity index (χ4v) is 10.3. The number of rotatable bonds is 5. The van der Waals surface area contributed by atoms with E-state index < -0.39 is 0 Å². The summed E-state index contributed by atoms with van der Waals surface area (Å²) < 4.78 is 0. The molecule has 4 nitrogen and oxygen atoms in total. The molecule has 4 aliphatic rings. The molecule has 0 aliphatic heterocycles. The second-order valence-corrected chi connectivity index (χ2v) is 13.9. The van der Waals surface area contributed by atoms with Crippen LogP contribution in [0, 0.1) is 46.3 Å². The van der Waals surface area contributed by atoms with Crippen LogP contribution < -0.4 is 5.32 Å². The average Bonchev–Trinajstić information content (AvgIpc) is 3.42. The van der Waals surface area contributed by atoms with Gasteiger partial charge < -0.3 is 15.5 Å². The molecule has 1 aromatic rings. The zero-order chi connectivity index (χ0) is 24.3. The quantitative estimate of drug-likeness (QED) is 0.481. The molecule has 0 saturated heterocycles. The molecule has 34 heavy (non-hydrogen) atoms. The lowest BCUT2D eigenvalue weighted by atomic mass is 9.43. The van der Waals surface area contributed by atoms with Crippen LogP contribution in [0.4, 0.5) is 0 Å². The van der Waals surface area contributed by atoms with E-state index >= 15 is 0 Å². The van der Waals surface area contributed by atoms with Gasteiger partial charge in [-0.15, -0.1) is 11.3 Å². The monoisotopic (exact) mass is 487 g/mol. The number of fused-ring (bicyclic) bond motifs is 5. The van der Waals surface area contributed by atoms with Crippen molar-refractivity contribution in [2.24, 2.45) is 46.3 Å². The number of carbonyl (C=O) groups is 1. The molecule has 0 aromatic carbocycles. The third kappa shape index (κ3) is 4.08. The van der Waals surface area contributed by atoms with Crippen molar-refractivity contribution in [3.05, 3.63) is 22.4 Å². The molecule has 1 amide bonds. The van der Waals surface area contributed by atoms with Gasteiger partial charge >= 0.3 is 0 Å². The van der Waals surface area contributed by atoms with E-state index in [4.69, 9.17) is 0 Å². The van der Waals surface area contributed by atoms with Crippen molar-refractivity contribution >= 4 is 17.2 Å². The van der Waals surface area contributed by atoms with Gasteiger partial charge in [0, 0.05) is 11.3 Å². The molecule has 5 heteroatoms. The average molecular weight is 488 g/mol. The molecule has 190 valence electrons. The Morgan fingerprint density at radius 1 is 1.09 bits per heavy atom. The first-order valence-electron chi connectivity index (χ1n) is 13.8. The van der Waals surface area contributed by atoms with Crippen molar-refractivity contribution in [1.82, 2.24) is 5.32 Å². The summed E-state index contributed by atoms with van der Waals surface area (Å²) in [6.45, 7) is 9.33. The van der Waals surface area contributed by atoms with E-state index in [1.165, 1.54) is 30.6 Å². The molecular weight excluding hydrogens is 442 g/mol. The van der Waals surface area contributed by atoms with Gasteiger partial charge in [-0.1, -0.05) is 26.8 Å². The summed E-state index contributed by atoms with van der Waals surface area (Å²) in [5, 5.41) is 27.0. The minimum absolute atomic E-state index is 0.0714. The molecule has 4 aliphatic carbocycles. The fourth-order valence-electron chi connectivity index (χ4n) is 9.52. The first-order chi connectivity index (χ1) is 16.1. The second-order valence-electron chi connectivity index (χ2n) is 12.9. The van der Waals surface area contributed by atoms with E-state index in [1.54, 1.807) is 11.3 Å². The summed E-state index contributed by atoms with van der Waals surface area (Å²) in [6, 6.07) is 4.20. The number of hydrogen-bond acceptors (Lipinski definition) is 4. The van der Waals surface area contributed by atoms with Gasteiger partial charge in [-0.25, -0.2) is 0 Å². The van der Waals surface area contributed by atoms with Crippen molar-refractivity contribution in [3.63, 3.8) is 0 Å². The highest BCUT2D eigenvalue weighted by Gasteiger charge is 2.62. The Bertz CT molecular complexity index is 873. The molecule has 0 spiro atoms. The lowest BCUT2D eigenvalue weighted by molar-refractivity contribution is -0.174. The Labute approximate surface area is 209 Å². The largest absolute Gasteiger partial charge is 0.393 e. The molecule has 5 rings (SSSR count). The Kier molecular flexibility index (Phi) is 6.70. The van der Waals surface area contributed by atoms with Crippen molar-refractivity contribution in [3.8, 4) is 0 Å². The van der Waals surface area contributed by atoms with Gasteiger partial charge in [0.05, 0.1) is 18.2 Å². The highest BCUT2D eigenvalue weighted by molar-refractivity contribution is 7.10. The van der Waals surface area contributed by atoms with Gasteiger partial charge in [-0.3, -0.25) is 4.79 Å². The van der Waals surface area contributed by atoms with Crippen molar-refractivity contribution in [1.29, 1.82) is 0 Å². The smallest absolute Gasteiger partial charge is 0.220 e. The van der Waals surface area contributed by atoms with Gasteiger partial charge in [0.25, 0.3) is 0 Å². The van der Waals surface area contributed by atoms with Gasteiger partial charge in [0.1, 0.15) is 0 Å². The lowest BCUT2D eigenvalue weighted by Gasteiger charge is -2.62. The van der Waals surface area contributed by atoms with Crippen molar-refractivity contribution in [2.45, 2.75) is 104 Å². The number of aliphatic hydroxyl groups excluding tert-OH is 2. The first kappa shape index (κ1) is 24.8. The van der Waals surface area contributed by atoms with E-state index in [1.807, 2.05) is 6.07 Å². The molecular formula is C29H45NO3S. The summed E-state index contributed by atoms with van der Waals surface area (Å²) in [5.74, 6) is 3.07. The second kappa shape index (κ2) is 9.19. The molecule has 0 bridgehead atoms. The molecule has 3 N–H and O–H groups in total. The van der Waals surface area contributed by atoms with Gasteiger partial charge in [0.15, 0.2) is 0 Å². The number of aliphatic hydroxyl groups is 2. The Hall–Kier alpha value is -0.910. The maximum Gasteiger partial charge on any atom is 0.220 e. The number of thiophene rings is 1. The Morgan fingerprint density at radius 2 is 1.82 bits per heavy atom. The number of hydrogen-bond donors (Lipinski definition) is 3. The van der Waals surface area contributed by atoms with Crippen LogP contribution in [0.3, 0.4) is 0 Å². The minimum atomic E-state index is -0.234. The molecule has 1 aromatic heterocycles. The van der Waals surface area contributed by atoms with Gasteiger partial charge in [-0.2, -0.15) is 0 Å². The van der Waals surface area contributed by atoms with E-state index in [-0.39, 0.29) is 35.0 Å². The highest BCUT2D eigenvalue weighted by atomic mass is 32.1. The van der Waals surface area contributed by atoms with E-state index in [0.29, 0.717) is 41.9 Å². The molecule has 4 saturated carbocycles. The normalized spacial score (nSPS) is 45.5. The summed E-state index contributed by atoms with van der Waals surface area (Å²) in [4.78, 5) is 14.1. The topological polar surface area (TPSA) is 69.6 Å². The zero-order valence-electron chi connectivity index (χ0n) is 21.5. The third-order valence-corrected chi connectivity index (χ3v) is 12.3. The Balaban J connectivity index is 1.28. The SMILES string of the molecule is CC(NC(=O)C[C@@H](C)C1CC[C@H]2[C@@H]3[C@H](O)C[C@@H]4C[C@H](O)CC[C@]4(C)[C@H]3CC[C@]12C)c1cccs1. The fraction of sp³-hybridized carbons (Fsp3) is 0.828.